The third kappa shape index (κ3) is 1.64. The van der Waals surface area contributed by atoms with Gasteiger partial charge in [-0.2, -0.15) is 0 Å². The largest absolute Gasteiger partial charge is 0.488 e. The molecular formula is C9H8O3S. The van der Waals surface area contributed by atoms with Crippen molar-refractivity contribution in [1.29, 1.82) is 0 Å². The summed E-state index contributed by atoms with van der Waals surface area (Å²) < 4.78 is 24.8. The minimum Gasteiger partial charge on any atom is -0.488 e. The van der Waals surface area contributed by atoms with Crippen molar-refractivity contribution < 1.29 is 13.5 Å². The molecule has 13 heavy (non-hydrogen) atoms. The zero-order chi connectivity index (χ0) is 9.26. The molecule has 1 aliphatic rings. The van der Waals surface area contributed by atoms with Crippen molar-refractivity contribution in [3.8, 4) is 5.75 Å². The Morgan fingerprint density at radius 2 is 2.15 bits per heavy atom. The molecule has 1 aromatic carbocycles. The lowest BCUT2D eigenvalue weighted by Gasteiger charge is -2.15. The van der Waals surface area contributed by atoms with Crippen LogP contribution < -0.4 is 4.74 Å². The quantitative estimate of drug-likeness (QED) is 0.694. The standard InChI is InChI=1S/C9H8O3S/c10-13(11)8-5-7-3-1-2-4-9(7)12-6-8/h1-5H,6H2,(H,10,11). The normalized spacial score (nSPS) is 16.8. The van der Waals surface area contributed by atoms with Crippen molar-refractivity contribution in [3.63, 3.8) is 0 Å². The van der Waals surface area contributed by atoms with E-state index in [0.717, 1.165) is 11.3 Å². The second-order valence-corrected chi connectivity index (χ2v) is 3.71. The zero-order valence-corrected chi connectivity index (χ0v) is 7.58. The molecule has 1 N–H and O–H groups in total. The molecule has 1 atom stereocenters. The van der Waals surface area contributed by atoms with Crippen LogP contribution in [0.3, 0.4) is 0 Å². The average Bonchev–Trinajstić information content (AvgIpc) is 2.17. The van der Waals surface area contributed by atoms with Gasteiger partial charge in [0.1, 0.15) is 12.4 Å². The SMILES string of the molecule is O=S(O)C1=Cc2ccccc2OC1. The van der Waals surface area contributed by atoms with Gasteiger partial charge in [0, 0.05) is 5.56 Å². The van der Waals surface area contributed by atoms with Crippen molar-refractivity contribution >= 4 is 17.2 Å². The first-order valence-electron chi connectivity index (χ1n) is 3.80. The molecule has 0 aliphatic carbocycles. The van der Waals surface area contributed by atoms with E-state index in [-0.39, 0.29) is 6.61 Å². The molecular weight excluding hydrogens is 188 g/mol. The molecule has 0 aromatic heterocycles. The average molecular weight is 196 g/mol. The number of hydrogen-bond acceptors (Lipinski definition) is 2. The summed E-state index contributed by atoms with van der Waals surface area (Å²) in [6.07, 6.45) is 1.69. The molecule has 1 heterocycles. The predicted molar refractivity (Wildman–Crippen MR) is 50.7 cm³/mol. The van der Waals surface area contributed by atoms with Gasteiger partial charge < -0.3 is 9.29 Å². The summed E-state index contributed by atoms with van der Waals surface area (Å²) in [5.74, 6) is 0.761. The molecule has 0 radical (unpaired) electrons. The maximum absolute atomic E-state index is 10.7. The number of hydrogen-bond donors (Lipinski definition) is 1. The van der Waals surface area contributed by atoms with Gasteiger partial charge in [0.05, 0.1) is 4.91 Å². The number of rotatable bonds is 1. The summed E-state index contributed by atoms with van der Waals surface area (Å²) in [7, 11) is 0. The Labute approximate surface area is 78.3 Å². The molecule has 1 aromatic rings. The Hall–Kier alpha value is -1.13. The third-order valence-corrected chi connectivity index (χ3v) is 2.51. The maximum atomic E-state index is 10.7. The van der Waals surface area contributed by atoms with E-state index in [1.54, 1.807) is 6.08 Å². The Bertz CT molecular complexity index is 384. The second kappa shape index (κ2) is 3.32. The van der Waals surface area contributed by atoms with E-state index in [2.05, 4.69) is 0 Å². The highest BCUT2D eigenvalue weighted by molar-refractivity contribution is 7.83. The van der Waals surface area contributed by atoms with Crippen LogP contribution in [-0.4, -0.2) is 15.4 Å². The van der Waals surface area contributed by atoms with Gasteiger partial charge in [-0.05, 0) is 12.1 Å². The Balaban J connectivity index is 2.44. The lowest BCUT2D eigenvalue weighted by atomic mass is 10.1. The van der Waals surface area contributed by atoms with Crippen molar-refractivity contribution in [3.05, 3.63) is 34.7 Å². The number of benzene rings is 1. The zero-order valence-electron chi connectivity index (χ0n) is 6.77. The molecule has 68 valence electrons. The first-order chi connectivity index (χ1) is 6.27. The maximum Gasteiger partial charge on any atom is 0.185 e. The van der Waals surface area contributed by atoms with Crippen LogP contribution in [-0.2, 0) is 11.1 Å². The molecule has 2 rings (SSSR count). The molecule has 0 amide bonds. The van der Waals surface area contributed by atoms with Crippen LogP contribution in [0.5, 0.6) is 5.75 Å². The van der Waals surface area contributed by atoms with Crippen LogP contribution in [0.2, 0.25) is 0 Å². The number of ether oxygens (including phenoxy) is 1. The van der Waals surface area contributed by atoms with Crippen LogP contribution >= 0.6 is 0 Å². The molecule has 0 spiro atoms. The highest BCUT2D eigenvalue weighted by Crippen LogP contribution is 2.26. The van der Waals surface area contributed by atoms with Gasteiger partial charge in [0.15, 0.2) is 11.1 Å². The Morgan fingerprint density at radius 1 is 1.38 bits per heavy atom. The van der Waals surface area contributed by atoms with Crippen molar-refractivity contribution in [2.24, 2.45) is 0 Å². The molecule has 3 nitrogen and oxygen atoms in total. The third-order valence-electron chi connectivity index (χ3n) is 1.83. The fraction of sp³-hybridized carbons (Fsp3) is 0.111. The summed E-state index contributed by atoms with van der Waals surface area (Å²) >= 11 is -1.92. The highest BCUT2D eigenvalue weighted by Gasteiger charge is 2.13. The first-order valence-corrected chi connectivity index (χ1v) is 4.91. The van der Waals surface area contributed by atoms with E-state index in [9.17, 15) is 4.21 Å². The van der Waals surface area contributed by atoms with Crippen LogP contribution in [0.1, 0.15) is 5.56 Å². The van der Waals surface area contributed by atoms with E-state index >= 15 is 0 Å². The van der Waals surface area contributed by atoms with Gasteiger partial charge in [-0.25, -0.2) is 4.21 Å². The second-order valence-electron chi connectivity index (χ2n) is 2.69. The van der Waals surface area contributed by atoms with E-state index in [0.29, 0.717) is 4.91 Å². The van der Waals surface area contributed by atoms with Crippen molar-refractivity contribution in [1.82, 2.24) is 0 Å². The minimum absolute atomic E-state index is 0.195. The molecule has 0 fully saturated rings. The topological polar surface area (TPSA) is 46.5 Å². The van der Waals surface area contributed by atoms with E-state index in [1.807, 2.05) is 24.3 Å². The highest BCUT2D eigenvalue weighted by atomic mass is 32.2. The van der Waals surface area contributed by atoms with Gasteiger partial charge in [0.25, 0.3) is 0 Å². The lowest BCUT2D eigenvalue weighted by Crippen LogP contribution is -2.10. The monoisotopic (exact) mass is 196 g/mol. The van der Waals surface area contributed by atoms with E-state index in [4.69, 9.17) is 9.29 Å². The summed E-state index contributed by atoms with van der Waals surface area (Å²) in [6, 6.07) is 7.42. The van der Waals surface area contributed by atoms with Crippen LogP contribution in [0.25, 0.3) is 6.08 Å². The van der Waals surface area contributed by atoms with Crippen molar-refractivity contribution in [2.75, 3.05) is 6.61 Å². The van der Waals surface area contributed by atoms with Gasteiger partial charge in [0.2, 0.25) is 0 Å². The summed E-state index contributed by atoms with van der Waals surface area (Å²) in [6.45, 7) is 0.195. The summed E-state index contributed by atoms with van der Waals surface area (Å²) in [4.78, 5) is 0.402. The molecule has 0 saturated heterocycles. The van der Waals surface area contributed by atoms with Crippen LogP contribution in [0, 0.1) is 0 Å². The minimum atomic E-state index is -1.92. The predicted octanol–water partition coefficient (Wildman–Crippen LogP) is 1.64. The Morgan fingerprint density at radius 3 is 2.92 bits per heavy atom. The van der Waals surface area contributed by atoms with Gasteiger partial charge in [-0.15, -0.1) is 0 Å². The number of fused-ring (bicyclic) bond motifs is 1. The van der Waals surface area contributed by atoms with Gasteiger partial charge in [-0.3, -0.25) is 0 Å². The molecule has 1 aliphatic heterocycles. The van der Waals surface area contributed by atoms with Gasteiger partial charge in [-0.1, -0.05) is 18.2 Å². The molecule has 0 saturated carbocycles. The smallest absolute Gasteiger partial charge is 0.185 e. The van der Waals surface area contributed by atoms with E-state index in [1.165, 1.54) is 0 Å². The number of para-hydroxylation sites is 1. The van der Waals surface area contributed by atoms with E-state index < -0.39 is 11.1 Å². The van der Waals surface area contributed by atoms with Crippen LogP contribution in [0.4, 0.5) is 0 Å². The fourth-order valence-electron chi connectivity index (χ4n) is 1.20. The summed E-state index contributed by atoms with van der Waals surface area (Å²) in [5.41, 5.74) is 0.853. The molecule has 4 heteroatoms. The fourth-order valence-corrected chi connectivity index (χ4v) is 1.58. The van der Waals surface area contributed by atoms with Crippen LogP contribution in [0.15, 0.2) is 29.2 Å². The molecule has 0 bridgehead atoms. The Kier molecular flexibility index (Phi) is 2.16. The molecule has 1 unspecified atom stereocenters. The summed E-state index contributed by atoms with van der Waals surface area (Å²) in [5, 5.41) is 0. The van der Waals surface area contributed by atoms with Gasteiger partial charge >= 0.3 is 0 Å². The first kappa shape index (κ1) is 8.47. The lowest BCUT2D eigenvalue weighted by molar-refractivity contribution is 0.353. The van der Waals surface area contributed by atoms with Crippen molar-refractivity contribution in [2.45, 2.75) is 0 Å².